The SMILES string of the molecule is CC(C)c1cnc(NC(=O)CC(C)C2CCCNC2)s1.Cl. The summed E-state index contributed by atoms with van der Waals surface area (Å²) in [7, 11) is 0. The molecule has 2 heterocycles. The number of thiazole rings is 1. The Morgan fingerprint density at radius 1 is 1.52 bits per heavy atom. The molecule has 2 rings (SSSR count). The van der Waals surface area contributed by atoms with Gasteiger partial charge in [0.05, 0.1) is 0 Å². The Morgan fingerprint density at radius 2 is 2.29 bits per heavy atom. The molecule has 0 spiro atoms. The Balaban J connectivity index is 0.00000220. The number of hydrogen-bond donors (Lipinski definition) is 2. The predicted octanol–water partition coefficient (Wildman–Crippen LogP) is 3.65. The standard InChI is InChI=1S/C15H25N3OS.ClH/c1-10(2)13-9-17-15(20-13)18-14(19)7-11(3)12-5-4-6-16-8-12;/h9-12,16H,4-8H2,1-3H3,(H,17,18,19);1H. The fourth-order valence-electron chi connectivity index (χ4n) is 2.61. The number of carbonyl (C=O) groups is 1. The van der Waals surface area contributed by atoms with Crippen molar-refractivity contribution in [1.29, 1.82) is 0 Å². The number of halogens is 1. The van der Waals surface area contributed by atoms with Crippen LogP contribution in [0.2, 0.25) is 0 Å². The van der Waals surface area contributed by atoms with Crippen LogP contribution < -0.4 is 10.6 Å². The average molecular weight is 332 g/mol. The highest BCUT2D eigenvalue weighted by Crippen LogP contribution is 2.26. The van der Waals surface area contributed by atoms with Gasteiger partial charge in [-0.1, -0.05) is 20.8 Å². The van der Waals surface area contributed by atoms with E-state index >= 15 is 0 Å². The topological polar surface area (TPSA) is 54.0 Å². The number of hydrogen-bond acceptors (Lipinski definition) is 4. The molecule has 2 atom stereocenters. The van der Waals surface area contributed by atoms with E-state index in [1.165, 1.54) is 17.7 Å². The second kappa shape index (κ2) is 8.71. The van der Waals surface area contributed by atoms with E-state index in [-0.39, 0.29) is 18.3 Å². The number of piperidine rings is 1. The van der Waals surface area contributed by atoms with Gasteiger partial charge >= 0.3 is 0 Å². The second-order valence-electron chi connectivity index (χ2n) is 6.06. The molecule has 1 aliphatic heterocycles. The summed E-state index contributed by atoms with van der Waals surface area (Å²) in [5.41, 5.74) is 0. The maximum atomic E-state index is 12.1. The normalized spacial score (nSPS) is 19.9. The summed E-state index contributed by atoms with van der Waals surface area (Å²) >= 11 is 1.58. The van der Waals surface area contributed by atoms with Gasteiger partial charge in [-0.25, -0.2) is 4.98 Å². The van der Waals surface area contributed by atoms with Crippen LogP contribution in [0.4, 0.5) is 5.13 Å². The summed E-state index contributed by atoms with van der Waals surface area (Å²) in [6.45, 7) is 8.61. The third-order valence-corrected chi connectivity index (χ3v) is 5.20. The van der Waals surface area contributed by atoms with Crippen molar-refractivity contribution >= 4 is 34.8 Å². The molecule has 4 nitrogen and oxygen atoms in total. The number of nitrogens with zero attached hydrogens (tertiary/aromatic N) is 1. The molecule has 1 aromatic heterocycles. The molecule has 2 unspecified atom stereocenters. The third-order valence-electron chi connectivity index (χ3n) is 3.99. The zero-order valence-electron chi connectivity index (χ0n) is 13.0. The zero-order valence-corrected chi connectivity index (χ0v) is 14.6. The summed E-state index contributed by atoms with van der Waals surface area (Å²) in [6, 6.07) is 0. The van der Waals surface area contributed by atoms with Gasteiger partial charge in [0.25, 0.3) is 0 Å². The Morgan fingerprint density at radius 3 is 2.86 bits per heavy atom. The summed E-state index contributed by atoms with van der Waals surface area (Å²) in [4.78, 5) is 17.6. The van der Waals surface area contributed by atoms with E-state index in [2.05, 4.69) is 36.4 Å². The molecule has 120 valence electrons. The molecule has 0 aliphatic carbocycles. The van der Waals surface area contributed by atoms with Crippen LogP contribution in [0.5, 0.6) is 0 Å². The second-order valence-corrected chi connectivity index (χ2v) is 7.12. The lowest BCUT2D eigenvalue weighted by molar-refractivity contribution is -0.117. The number of nitrogens with one attached hydrogen (secondary N) is 2. The van der Waals surface area contributed by atoms with E-state index in [0.29, 0.717) is 24.2 Å². The van der Waals surface area contributed by atoms with Gasteiger partial charge in [-0.3, -0.25) is 4.79 Å². The molecule has 1 aliphatic rings. The molecule has 1 amide bonds. The van der Waals surface area contributed by atoms with Gasteiger partial charge < -0.3 is 10.6 Å². The molecule has 1 saturated heterocycles. The number of aromatic nitrogens is 1. The van der Waals surface area contributed by atoms with Crippen molar-refractivity contribution in [2.45, 2.75) is 46.0 Å². The lowest BCUT2D eigenvalue weighted by Gasteiger charge is -2.27. The molecule has 2 N–H and O–H groups in total. The van der Waals surface area contributed by atoms with Crippen molar-refractivity contribution in [3.8, 4) is 0 Å². The molecule has 0 aromatic carbocycles. The Labute approximate surface area is 137 Å². The van der Waals surface area contributed by atoms with Gasteiger partial charge in [-0.05, 0) is 43.7 Å². The first-order chi connectivity index (χ1) is 9.56. The van der Waals surface area contributed by atoms with Gasteiger partial charge in [-0.15, -0.1) is 23.7 Å². The summed E-state index contributed by atoms with van der Waals surface area (Å²) in [6.07, 6.45) is 4.90. The van der Waals surface area contributed by atoms with E-state index in [1.54, 1.807) is 11.3 Å². The van der Waals surface area contributed by atoms with Crippen molar-refractivity contribution < 1.29 is 4.79 Å². The summed E-state index contributed by atoms with van der Waals surface area (Å²) in [5, 5.41) is 7.08. The molecule has 1 fully saturated rings. The van der Waals surface area contributed by atoms with Crippen LogP contribution in [0.3, 0.4) is 0 Å². The summed E-state index contributed by atoms with van der Waals surface area (Å²) in [5.74, 6) is 1.60. The van der Waals surface area contributed by atoms with Crippen molar-refractivity contribution in [1.82, 2.24) is 10.3 Å². The highest BCUT2D eigenvalue weighted by molar-refractivity contribution is 7.15. The zero-order chi connectivity index (χ0) is 14.5. The van der Waals surface area contributed by atoms with Crippen molar-refractivity contribution in [2.75, 3.05) is 18.4 Å². The van der Waals surface area contributed by atoms with E-state index in [1.807, 2.05) is 6.20 Å². The fraction of sp³-hybridized carbons (Fsp3) is 0.733. The van der Waals surface area contributed by atoms with Crippen molar-refractivity contribution in [3.05, 3.63) is 11.1 Å². The minimum atomic E-state index is 0. The van der Waals surface area contributed by atoms with Gasteiger partial charge in [0.1, 0.15) is 0 Å². The first-order valence-electron chi connectivity index (χ1n) is 7.52. The minimum Gasteiger partial charge on any atom is -0.316 e. The maximum absolute atomic E-state index is 12.1. The van der Waals surface area contributed by atoms with Crippen LogP contribution in [0.15, 0.2) is 6.20 Å². The molecule has 0 bridgehead atoms. The molecular weight excluding hydrogens is 306 g/mol. The van der Waals surface area contributed by atoms with Crippen LogP contribution in [-0.4, -0.2) is 24.0 Å². The number of amides is 1. The predicted molar refractivity (Wildman–Crippen MR) is 91.5 cm³/mol. The van der Waals surface area contributed by atoms with Crippen LogP contribution >= 0.6 is 23.7 Å². The van der Waals surface area contributed by atoms with Gasteiger partial charge in [-0.2, -0.15) is 0 Å². The largest absolute Gasteiger partial charge is 0.316 e. The summed E-state index contributed by atoms with van der Waals surface area (Å²) < 4.78 is 0. The maximum Gasteiger partial charge on any atom is 0.226 e. The van der Waals surface area contributed by atoms with Crippen LogP contribution in [-0.2, 0) is 4.79 Å². The average Bonchev–Trinajstić information content (AvgIpc) is 2.88. The smallest absolute Gasteiger partial charge is 0.226 e. The molecule has 6 heteroatoms. The van der Waals surface area contributed by atoms with Crippen molar-refractivity contribution in [2.24, 2.45) is 11.8 Å². The van der Waals surface area contributed by atoms with Gasteiger partial charge in [0.2, 0.25) is 5.91 Å². The third kappa shape index (κ3) is 5.57. The van der Waals surface area contributed by atoms with E-state index in [4.69, 9.17) is 0 Å². The highest BCUT2D eigenvalue weighted by atomic mass is 35.5. The first-order valence-corrected chi connectivity index (χ1v) is 8.34. The number of rotatable bonds is 5. The Kier molecular flexibility index (Phi) is 7.63. The van der Waals surface area contributed by atoms with Crippen LogP contribution in [0.25, 0.3) is 0 Å². The molecule has 0 radical (unpaired) electrons. The van der Waals surface area contributed by atoms with Crippen LogP contribution in [0.1, 0.15) is 50.8 Å². The van der Waals surface area contributed by atoms with Crippen molar-refractivity contribution in [3.63, 3.8) is 0 Å². The Hall–Kier alpha value is -0.650. The van der Waals surface area contributed by atoms with E-state index in [0.717, 1.165) is 18.2 Å². The minimum absolute atomic E-state index is 0. The Bertz CT molecular complexity index is 444. The lowest BCUT2D eigenvalue weighted by Crippen LogP contribution is -2.34. The fourth-order valence-corrected chi connectivity index (χ4v) is 3.44. The molecular formula is C15H26ClN3OS. The molecule has 1 aromatic rings. The lowest BCUT2D eigenvalue weighted by atomic mass is 9.85. The first kappa shape index (κ1) is 18.4. The number of carbonyl (C=O) groups excluding carboxylic acids is 1. The van der Waals surface area contributed by atoms with E-state index < -0.39 is 0 Å². The molecule has 0 saturated carbocycles. The molecule has 21 heavy (non-hydrogen) atoms. The van der Waals surface area contributed by atoms with Gasteiger partial charge in [0.15, 0.2) is 5.13 Å². The van der Waals surface area contributed by atoms with E-state index in [9.17, 15) is 4.79 Å². The quantitative estimate of drug-likeness (QED) is 0.865. The highest BCUT2D eigenvalue weighted by Gasteiger charge is 2.22. The van der Waals surface area contributed by atoms with Gasteiger partial charge in [0, 0.05) is 17.5 Å². The van der Waals surface area contributed by atoms with Crippen LogP contribution in [0, 0.1) is 11.8 Å². The number of anilines is 1. The monoisotopic (exact) mass is 331 g/mol.